The molecule has 0 aliphatic carbocycles. The number of nitrogens with zero attached hydrogens (tertiary/aromatic N) is 1. The van der Waals surface area contributed by atoms with Gasteiger partial charge in [0.2, 0.25) is 0 Å². The van der Waals surface area contributed by atoms with Crippen LogP contribution in [0.5, 0.6) is 0 Å². The minimum atomic E-state index is -0.124. The number of rotatable bonds is 16. The molecular formula is C30H45NO2. The topological polar surface area (TPSA) is 39.2 Å². The number of carbonyl (C=O) groups is 1. The Morgan fingerprint density at radius 1 is 0.879 bits per heavy atom. The van der Waals surface area contributed by atoms with Crippen molar-refractivity contribution in [2.45, 2.75) is 104 Å². The second-order valence-corrected chi connectivity index (χ2v) is 10.0. The summed E-state index contributed by atoms with van der Waals surface area (Å²) in [5.74, 6) is 0.987. The van der Waals surface area contributed by atoms with Gasteiger partial charge >= 0.3 is 5.97 Å². The minimum Gasteiger partial charge on any atom is -0.461 e. The second-order valence-electron chi connectivity index (χ2n) is 10.0. The molecule has 0 unspecified atom stereocenters. The number of benzene rings is 1. The van der Waals surface area contributed by atoms with Crippen molar-refractivity contribution in [1.29, 1.82) is 0 Å². The fraction of sp³-hybridized carbons (Fsp3) is 0.600. The number of ether oxygens (including phenoxy) is 1. The zero-order chi connectivity index (χ0) is 23.9. The normalized spacial score (nSPS) is 13.1. The molecule has 0 aliphatic rings. The Bertz CT molecular complexity index is 770. The standard InChI is InChI=1S/C30H45NO2/c1-5-6-7-8-9-11-14-26-18-20-29(31-22-26)28(19-17-24(2)3)25(4)21-30(32)33-23-27-15-12-10-13-16-27/h10,12-13,15-16,18,20,22,24-25,28H,5-9,11,14,17,19,21,23H2,1-4H3/t25-,28-/m0/s1. The summed E-state index contributed by atoms with van der Waals surface area (Å²) < 4.78 is 5.55. The summed E-state index contributed by atoms with van der Waals surface area (Å²) in [6, 6.07) is 14.3. The fourth-order valence-electron chi connectivity index (χ4n) is 4.35. The number of pyridine rings is 1. The monoisotopic (exact) mass is 451 g/mol. The summed E-state index contributed by atoms with van der Waals surface area (Å²) in [6.07, 6.45) is 13.7. The second kappa shape index (κ2) is 15.6. The van der Waals surface area contributed by atoms with Crippen molar-refractivity contribution in [3.05, 3.63) is 65.5 Å². The highest BCUT2D eigenvalue weighted by atomic mass is 16.5. The Kier molecular flexibility index (Phi) is 12.8. The van der Waals surface area contributed by atoms with Gasteiger partial charge in [-0.1, -0.05) is 103 Å². The molecule has 3 heteroatoms. The molecule has 0 spiro atoms. The molecule has 33 heavy (non-hydrogen) atoms. The van der Waals surface area contributed by atoms with Crippen molar-refractivity contribution < 1.29 is 9.53 Å². The van der Waals surface area contributed by atoms with E-state index < -0.39 is 0 Å². The number of hydrogen-bond acceptors (Lipinski definition) is 3. The molecule has 2 rings (SSSR count). The summed E-state index contributed by atoms with van der Waals surface area (Å²) in [6.45, 7) is 9.28. The van der Waals surface area contributed by atoms with Gasteiger partial charge in [-0.3, -0.25) is 9.78 Å². The largest absolute Gasteiger partial charge is 0.461 e. The lowest BCUT2D eigenvalue weighted by Gasteiger charge is -2.24. The van der Waals surface area contributed by atoms with Crippen molar-refractivity contribution in [2.75, 3.05) is 0 Å². The molecule has 0 N–H and O–H groups in total. The first kappa shape index (κ1) is 27.1. The van der Waals surface area contributed by atoms with Crippen LogP contribution < -0.4 is 0 Å². The minimum absolute atomic E-state index is 0.124. The smallest absolute Gasteiger partial charge is 0.306 e. The zero-order valence-electron chi connectivity index (χ0n) is 21.4. The number of aryl methyl sites for hydroxylation is 1. The van der Waals surface area contributed by atoms with Crippen LogP contribution in [0.3, 0.4) is 0 Å². The maximum Gasteiger partial charge on any atom is 0.306 e. The fourth-order valence-corrected chi connectivity index (χ4v) is 4.35. The van der Waals surface area contributed by atoms with Crippen LogP contribution in [-0.4, -0.2) is 11.0 Å². The van der Waals surface area contributed by atoms with Crippen molar-refractivity contribution >= 4 is 5.97 Å². The van der Waals surface area contributed by atoms with Crippen LogP contribution in [0, 0.1) is 11.8 Å². The van der Waals surface area contributed by atoms with Gasteiger partial charge in [0.05, 0.1) is 0 Å². The van der Waals surface area contributed by atoms with Gasteiger partial charge in [-0.25, -0.2) is 0 Å². The first-order chi connectivity index (χ1) is 16.0. The third-order valence-corrected chi connectivity index (χ3v) is 6.52. The molecule has 2 atom stereocenters. The van der Waals surface area contributed by atoms with E-state index in [1.54, 1.807) is 0 Å². The van der Waals surface area contributed by atoms with Gasteiger partial charge in [0.15, 0.2) is 0 Å². The van der Waals surface area contributed by atoms with E-state index in [4.69, 9.17) is 9.72 Å². The van der Waals surface area contributed by atoms with Crippen LogP contribution in [0.2, 0.25) is 0 Å². The molecule has 0 bridgehead atoms. The summed E-state index contributed by atoms with van der Waals surface area (Å²) >= 11 is 0. The van der Waals surface area contributed by atoms with Crippen molar-refractivity contribution in [3.8, 4) is 0 Å². The van der Waals surface area contributed by atoms with E-state index in [2.05, 4.69) is 46.0 Å². The average Bonchev–Trinajstić information content (AvgIpc) is 2.81. The SMILES string of the molecule is CCCCCCCCc1ccc([C@@H](CCC(C)C)[C@@H](C)CC(=O)OCc2ccccc2)nc1. The molecule has 2 aromatic rings. The predicted octanol–water partition coefficient (Wildman–Crippen LogP) is 8.27. The maximum atomic E-state index is 12.5. The van der Waals surface area contributed by atoms with Gasteiger partial charge < -0.3 is 4.74 Å². The first-order valence-electron chi connectivity index (χ1n) is 13.1. The van der Waals surface area contributed by atoms with E-state index in [1.807, 2.05) is 30.3 Å². The van der Waals surface area contributed by atoms with Crippen molar-refractivity contribution in [2.24, 2.45) is 11.8 Å². The lowest BCUT2D eigenvalue weighted by atomic mass is 9.83. The Balaban J connectivity index is 1.90. The Labute approximate surface area is 202 Å². The molecule has 0 aliphatic heterocycles. The van der Waals surface area contributed by atoms with Crippen molar-refractivity contribution in [3.63, 3.8) is 0 Å². The predicted molar refractivity (Wildman–Crippen MR) is 138 cm³/mol. The highest BCUT2D eigenvalue weighted by Gasteiger charge is 2.24. The molecular weight excluding hydrogens is 406 g/mol. The number of hydrogen-bond donors (Lipinski definition) is 0. The molecule has 3 nitrogen and oxygen atoms in total. The van der Waals surface area contributed by atoms with E-state index in [1.165, 1.54) is 44.1 Å². The van der Waals surface area contributed by atoms with Crippen molar-refractivity contribution in [1.82, 2.24) is 4.98 Å². The van der Waals surface area contributed by atoms with Crippen LogP contribution in [0.4, 0.5) is 0 Å². The van der Waals surface area contributed by atoms with Crippen LogP contribution in [0.1, 0.15) is 108 Å². The van der Waals surface area contributed by atoms with Crippen LogP contribution >= 0.6 is 0 Å². The molecule has 1 aromatic heterocycles. The highest BCUT2D eigenvalue weighted by Crippen LogP contribution is 2.32. The molecule has 0 radical (unpaired) electrons. The molecule has 1 heterocycles. The molecule has 0 fully saturated rings. The Morgan fingerprint density at radius 2 is 1.61 bits per heavy atom. The van der Waals surface area contributed by atoms with Crippen LogP contribution in [0.15, 0.2) is 48.7 Å². The van der Waals surface area contributed by atoms with Gasteiger partial charge in [0.1, 0.15) is 6.61 Å². The molecule has 0 saturated heterocycles. The van der Waals surface area contributed by atoms with Gasteiger partial charge in [-0.2, -0.15) is 0 Å². The first-order valence-corrected chi connectivity index (χ1v) is 13.1. The van der Waals surface area contributed by atoms with Gasteiger partial charge in [-0.05, 0) is 48.3 Å². The van der Waals surface area contributed by atoms with E-state index >= 15 is 0 Å². The maximum absolute atomic E-state index is 12.5. The lowest BCUT2D eigenvalue weighted by Crippen LogP contribution is -2.18. The Hall–Kier alpha value is -2.16. The van der Waals surface area contributed by atoms with Crippen LogP contribution in [0.25, 0.3) is 0 Å². The molecule has 0 saturated carbocycles. The summed E-state index contributed by atoms with van der Waals surface area (Å²) in [5.41, 5.74) is 3.47. The van der Waals surface area contributed by atoms with Gasteiger partial charge in [0, 0.05) is 24.2 Å². The lowest BCUT2D eigenvalue weighted by molar-refractivity contribution is -0.146. The number of esters is 1. The quantitative estimate of drug-likeness (QED) is 0.190. The highest BCUT2D eigenvalue weighted by molar-refractivity contribution is 5.69. The van der Waals surface area contributed by atoms with E-state index in [-0.39, 0.29) is 17.8 Å². The van der Waals surface area contributed by atoms with E-state index in [0.717, 1.165) is 30.5 Å². The molecule has 1 aromatic carbocycles. The number of carbonyl (C=O) groups excluding carboxylic acids is 1. The number of unbranched alkanes of at least 4 members (excludes halogenated alkanes) is 5. The van der Waals surface area contributed by atoms with E-state index in [0.29, 0.717) is 18.9 Å². The average molecular weight is 452 g/mol. The summed E-state index contributed by atoms with van der Waals surface area (Å²) in [4.78, 5) is 17.4. The third-order valence-electron chi connectivity index (χ3n) is 6.52. The molecule has 0 amide bonds. The molecule has 182 valence electrons. The summed E-state index contributed by atoms with van der Waals surface area (Å²) in [7, 11) is 0. The Morgan fingerprint density at radius 3 is 2.27 bits per heavy atom. The number of aromatic nitrogens is 1. The van der Waals surface area contributed by atoms with Gasteiger partial charge in [-0.15, -0.1) is 0 Å². The zero-order valence-corrected chi connectivity index (χ0v) is 21.4. The van der Waals surface area contributed by atoms with Gasteiger partial charge in [0.25, 0.3) is 0 Å². The van der Waals surface area contributed by atoms with E-state index in [9.17, 15) is 4.79 Å². The third kappa shape index (κ3) is 11.0. The summed E-state index contributed by atoms with van der Waals surface area (Å²) in [5, 5.41) is 0. The van der Waals surface area contributed by atoms with Crippen LogP contribution in [-0.2, 0) is 22.6 Å².